The average molecular weight is 202 g/mol. The van der Waals surface area contributed by atoms with Gasteiger partial charge in [0.25, 0.3) is 0 Å². The molecule has 1 aliphatic rings. The van der Waals surface area contributed by atoms with E-state index in [2.05, 4.69) is 10.3 Å². The van der Waals surface area contributed by atoms with Crippen LogP contribution in [0.3, 0.4) is 0 Å². The van der Waals surface area contributed by atoms with E-state index in [1.54, 1.807) is 0 Å². The zero-order chi connectivity index (χ0) is 10.3. The van der Waals surface area contributed by atoms with Crippen molar-refractivity contribution in [3.8, 4) is 0 Å². The van der Waals surface area contributed by atoms with Crippen LogP contribution in [-0.4, -0.2) is 17.7 Å². The summed E-state index contributed by atoms with van der Waals surface area (Å²) < 4.78 is 4.89. The molecule has 3 rings (SSSR count). The van der Waals surface area contributed by atoms with Crippen molar-refractivity contribution in [2.24, 2.45) is 0 Å². The van der Waals surface area contributed by atoms with Gasteiger partial charge in [-0.2, -0.15) is 0 Å². The lowest BCUT2D eigenvalue weighted by molar-refractivity contribution is 0.177. The van der Waals surface area contributed by atoms with Crippen LogP contribution in [0.5, 0.6) is 0 Å². The Morgan fingerprint density at radius 3 is 3.07 bits per heavy atom. The number of carbonyl (C=O) groups excluding carboxylic acids is 1. The van der Waals surface area contributed by atoms with Gasteiger partial charge in [0, 0.05) is 17.1 Å². The predicted octanol–water partition coefficient (Wildman–Crippen LogP) is 1.95. The van der Waals surface area contributed by atoms with E-state index < -0.39 is 0 Å². The molecule has 1 amide bonds. The summed E-state index contributed by atoms with van der Waals surface area (Å²) >= 11 is 0. The van der Waals surface area contributed by atoms with E-state index in [9.17, 15) is 4.79 Å². The summed E-state index contributed by atoms with van der Waals surface area (Å²) in [5.74, 6) is 0. The Morgan fingerprint density at radius 1 is 1.33 bits per heavy atom. The minimum absolute atomic E-state index is 0.0306. The number of alkyl carbamates (subject to hydrolysis) is 1. The number of aromatic nitrogens is 1. The van der Waals surface area contributed by atoms with Crippen LogP contribution in [0.25, 0.3) is 10.9 Å². The minimum atomic E-state index is -0.340. The highest BCUT2D eigenvalue weighted by atomic mass is 16.6. The smallest absolute Gasteiger partial charge is 0.407 e. The van der Waals surface area contributed by atoms with Crippen molar-refractivity contribution in [1.82, 2.24) is 10.3 Å². The van der Waals surface area contributed by atoms with E-state index >= 15 is 0 Å². The second-order valence-electron chi connectivity index (χ2n) is 3.58. The fraction of sp³-hybridized carbons (Fsp3) is 0.182. The Kier molecular flexibility index (Phi) is 1.68. The van der Waals surface area contributed by atoms with Gasteiger partial charge in [0.1, 0.15) is 6.61 Å². The van der Waals surface area contributed by atoms with Gasteiger partial charge in [-0.3, -0.25) is 0 Å². The third-order valence-corrected chi connectivity index (χ3v) is 2.68. The third kappa shape index (κ3) is 1.26. The standard InChI is InChI=1S/C11H10N2O2/c14-11-13-10(6-15-11)7-2-1-3-9-8(7)4-5-12-9/h1-5,10,12H,6H2,(H,13,14)/t10-/m0/s1. The molecular formula is C11H10N2O2. The highest BCUT2D eigenvalue weighted by Crippen LogP contribution is 2.25. The molecule has 4 heteroatoms. The Morgan fingerprint density at radius 2 is 2.27 bits per heavy atom. The molecule has 1 atom stereocenters. The molecule has 0 aliphatic carbocycles. The Balaban J connectivity index is 2.10. The van der Waals surface area contributed by atoms with E-state index in [1.165, 1.54) is 0 Å². The molecule has 0 radical (unpaired) electrons. The number of H-pyrrole nitrogens is 1. The summed E-state index contributed by atoms with van der Waals surface area (Å²) in [7, 11) is 0. The third-order valence-electron chi connectivity index (χ3n) is 2.68. The highest BCUT2D eigenvalue weighted by Gasteiger charge is 2.24. The molecule has 4 nitrogen and oxygen atoms in total. The number of carbonyl (C=O) groups is 1. The lowest BCUT2D eigenvalue weighted by Crippen LogP contribution is -2.18. The van der Waals surface area contributed by atoms with Gasteiger partial charge < -0.3 is 15.0 Å². The van der Waals surface area contributed by atoms with Crippen LogP contribution >= 0.6 is 0 Å². The van der Waals surface area contributed by atoms with Crippen LogP contribution < -0.4 is 5.32 Å². The van der Waals surface area contributed by atoms with E-state index in [1.807, 2.05) is 30.5 Å². The Hall–Kier alpha value is -1.97. The maximum Gasteiger partial charge on any atom is 0.407 e. The van der Waals surface area contributed by atoms with Crippen molar-refractivity contribution in [3.63, 3.8) is 0 Å². The molecule has 0 unspecified atom stereocenters. The summed E-state index contributed by atoms with van der Waals surface area (Å²) in [6, 6.07) is 7.97. The molecule has 2 N–H and O–H groups in total. The molecule has 1 saturated heterocycles. The summed E-state index contributed by atoms with van der Waals surface area (Å²) in [5, 5.41) is 3.91. The van der Waals surface area contributed by atoms with Gasteiger partial charge in [-0.05, 0) is 17.7 Å². The number of fused-ring (bicyclic) bond motifs is 1. The summed E-state index contributed by atoms with van der Waals surface area (Å²) in [5.41, 5.74) is 2.17. The van der Waals surface area contributed by atoms with Gasteiger partial charge in [-0.1, -0.05) is 12.1 Å². The minimum Gasteiger partial charge on any atom is -0.447 e. The highest BCUT2D eigenvalue weighted by molar-refractivity contribution is 5.84. The number of hydrogen-bond donors (Lipinski definition) is 2. The fourth-order valence-corrected chi connectivity index (χ4v) is 1.97. The van der Waals surface area contributed by atoms with Gasteiger partial charge >= 0.3 is 6.09 Å². The first-order chi connectivity index (χ1) is 7.34. The lowest BCUT2D eigenvalue weighted by atomic mass is 10.0. The quantitative estimate of drug-likeness (QED) is 0.742. The molecular weight excluding hydrogens is 192 g/mol. The topological polar surface area (TPSA) is 54.1 Å². The van der Waals surface area contributed by atoms with Crippen molar-refractivity contribution in [3.05, 3.63) is 36.0 Å². The van der Waals surface area contributed by atoms with E-state index in [0.29, 0.717) is 6.61 Å². The second kappa shape index (κ2) is 3.02. The largest absolute Gasteiger partial charge is 0.447 e. The van der Waals surface area contributed by atoms with Crippen molar-refractivity contribution in [2.75, 3.05) is 6.61 Å². The van der Waals surface area contributed by atoms with Crippen molar-refractivity contribution < 1.29 is 9.53 Å². The van der Waals surface area contributed by atoms with Crippen LogP contribution in [0.2, 0.25) is 0 Å². The maximum atomic E-state index is 11.0. The molecule has 15 heavy (non-hydrogen) atoms. The molecule has 76 valence electrons. The molecule has 2 heterocycles. The molecule has 1 aromatic carbocycles. The Bertz CT molecular complexity index is 518. The van der Waals surface area contributed by atoms with E-state index in [4.69, 9.17) is 4.74 Å². The van der Waals surface area contributed by atoms with Crippen molar-refractivity contribution >= 4 is 17.0 Å². The van der Waals surface area contributed by atoms with E-state index in [-0.39, 0.29) is 12.1 Å². The van der Waals surface area contributed by atoms with Crippen LogP contribution in [0.15, 0.2) is 30.5 Å². The van der Waals surface area contributed by atoms with Gasteiger partial charge in [0.05, 0.1) is 6.04 Å². The normalized spacial score (nSPS) is 20.3. The zero-order valence-corrected chi connectivity index (χ0v) is 7.99. The number of aromatic amines is 1. The predicted molar refractivity (Wildman–Crippen MR) is 55.5 cm³/mol. The summed E-state index contributed by atoms with van der Waals surface area (Å²) in [4.78, 5) is 14.1. The van der Waals surface area contributed by atoms with Gasteiger partial charge in [-0.15, -0.1) is 0 Å². The fourth-order valence-electron chi connectivity index (χ4n) is 1.97. The molecule has 1 fully saturated rings. The zero-order valence-electron chi connectivity index (χ0n) is 7.99. The van der Waals surface area contributed by atoms with Crippen LogP contribution in [0.1, 0.15) is 11.6 Å². The number of amides is 1. The van der Waals surface area contributed by atoms with Gasteiger partial charge in [0.15, 0.2) is 0 Å². The molecule has 2 aromatic rings. The monoisotopic (exact) mass is 202 g/mol. The second-order valence-corrected chi connectivity index (χ2v) is 3.58. The average Bonchev–Trinajstić information content (AvgIpc) is 2.84. The molecule has 0 saturated carbocycles. The first kappa shape index (κ1) is 8.35. The number of rotatable bonds is 1. The number of hydrogen-bond acceptors (Lipinski definition) is 2. The maximum absolute atomic E-state index is 11.0. The van der Waals surface area contributed by atoms with Gasteiger partial charge in [0.2, 0.25) is 0 Å². The molecule has 0 spiro atoms. The van der Waals surface area contributed by atoms with Gasteiger partial charge in [-0.25, -0.2) is 4.79 Å². The molecule has 1 aromatic heterocycles. The Labute approximate surface area is 86.2 Å². The summed E-state index contributed by atoms with van der Waals surface area (Å²) in [6.07, 6.45) is 1.55. The van der Waals surface area contributed by atoms with Crippen LogP contribution in [-0.2, 0) is 4.74 Å². The number of nitrogens with one attached hydrogen (secondary N) is 2. The number of benzene rings is 1. The lowest BCUT2D eigenvalue weighted by Gasteiger charge is -2.08. The summed E-state index contributed by atoms with van der Waals surface area (Å²) in [6.45, 7) is 0.406. The first-order valence-corrected chi connectivity index (χ1v) is 4.84. The van der Waals surface area contributed by atoms with Crippen LogP contribution in [0, 0.1) is 0 Å². The molecule has 0 bridgehead atoms. The van der Waals surface area contributed by atoms with Crippen molar-refractivity contribution in [2.45, 2.75) is 6.04 Å². The van der Waals surface area contributed by atoms with Crippen LogP contribution in [0.4, 0.5) is 4.79 Å². The SMILES string of the molecule is O=C1N[C@H](c2cccc3[nH]ccc23)CO1. The number of ether oxygens (including phenoxy) is 1. The van der Waals surface area contributed by atoms with Crippen molar-refractivity contribution in [1.29, 1.82) is 0 Å². The first-order valence-electron chi connectivity index (χ1n) is 4.84. The molecule has 1 aliphatic heterocycles. The van der Waals surface area contributed by atoms with E-state index in [0.717, 1.165) is 16.5 Å². The number of cyclic esters (lactones) is 1.